The van der Waals surface area contributed by atoms with Crippen molar-refractivity contribution in [2.24, 2.45) is 4.99 Å². The number of benzene rings is 1. The highest BCUT2D eigenvalue weighted by Gasteiger charge is 2.49. The molecule has 0 N–H and O–H groups in total. The third-order valence-electron chi connectivity index (χ3n) is 4.24. The second kappa shape index (κ2) is 6.39. The topological polar surface area (TPSA) is 61.9 Å². The molecule has 2 aromatic rings. The monoisotopic (exact) mass is 374 g/mol. The molecule has 1 aliphatic heterocycles. The number of fused-ring (bicyclic) bond motifs is 2. The summed E-state index contributed by atoms with van der Waals surface area (Å²) >= 11 is 2.89. The third kappa shape index (κ3) is 3.14. The Morgan fingerprint density at radius 2 is 2.12 bits per heavy atom. The van der Waals surface area contributed by atoms with Crippen molar-refractivity contribution in [2.45, 2.75) is 35.8 Å². The smallest absolute Gasteiger partial charge is 0.233 e. The third-order valence-corrected chi connectivity index (χ3v) is 6.40. The zero-order chi connectivity index (χ0) is 17.4. The predicted octanol–water partition coefficient (Wildman–Crippen LogP) is 4.34. The lowest BCUT2D eigenvalue weighted by atomic mass is 10.1. The second-order valence-electron chi connectivity index (χ2n) is 5.92. The van der Waals surface area contributed by atoms with Crippen molar-refractivity contribution in [3.05, 3.63) is 52.5 Å². The number of aromatic nitrogens is 2. The lowest BCUT2D eigenvalue weighted by Crippen LogP contribution is -2.15. The summed E-state index contributed by atoms with van der Waals surface area (Å²) in [5, 5.41) is 17.4. The maximum atomic E-state index is 13.4. The maximum absolute atomic E-state index is 13.4. The summed E-state index contributed by atoms with van der Waals surface area (Å²) in [6, 6.07) is 8.60. The van der Waals surface area contributed by atoms with Crippen LogP contribution >= 0.6 is 23.5 Å². The van der Waals surface area contributed by atoms with E-state index in [1.54, 1.807) is 18.2 Å². The highest BCUT2D eigenvalue weighted by Crippen LogP contribution is 2.56. The number of nitrogens with zero attached hydrogens (tertiary/aromatic N) is 4. The van der Waals surface area contributed by atoms with E-state index in [-0.39, 0.29) is 5.54 Å². The van der Waals surface area contributed by atoms with E-state index in [9.17, 15) is 14.0 Å². The van der Waals surface area contributed by atoms with Crippen LogP contribution in [0.4, 0.5) is 8.78 Å². The standard InChI is InChI=1S/C17H12F2N4S2/c18-7-10-1-2-11(12(5-10)8-20)9-24-16-21-17(3-4-17)13-6-14(19)22-23-15(13)25-16/h1-2,5-6H,3-4,7,9H2. The highest BCUT2D eigenvalue weighted by atomic mass is 32.2. The van der Waals surface area contributed by atoms with Crippen molar-refractivity contribution in [2.75, 3.05) is 0 Å². The van der Waals surface area contributed by atoms with Gasteiger partial charge in [0.15, 0.2) is 0 Å². The Morgan fingerprint density at radius 3 is 2.84 bits per heavy atom. The first kappa shape index (κ1) is 16.5. The van der Waals surface area contributed by atoms with Gasteiger partial charge in [0.1, 0.15) is 16.1 Å². The SMILES string of the molecule is N#Cc1cc(CF)ccc1CSC1=NC2(CC2)c2cc(F)nnc2S1. The Kier molecular flexibility index (Phi) is 4.21. The molecule has 0 amide bonds. The quantitative estimate of drug-likeness (QED) is 0.800. The first-order chi connectivity index (χ1) is 12.1. The van der Waals surface area contributed by atoms with E-state index in [1.165, 1.54) is 29.6 Å². The molecule has 8 heteroatoms. The Morgan fingerprint density at radius 1 is 1.28 bits per heavy atom. The molecule has 25 heavy (non-hydrogen) atoms. The molecule has 1 spiro atoms. The molecular weight excluding hydrogens is 362 g/mol. The zero-order valence-corrected chi connectivity index (χ0v) is 14.6. The molecule has 126 valence electrons. The van der Waals surface area contributed by atoms with Gasteiger partial charge in [-0.15, -0.1) is 10.2 Å². The second-order valence-corrected chi connectivity index (χ2v) is 8.12. The normalized spacial score (nSPS) is 16.9. The molecule has 4 nitrogen and oxygen atoms in total. The Bertz CT molecular complexity index is 919. The number of alkyl halides is 1. The zero-order valence-electron chi connectivity index (χ0n) is 13.0. The van der Waals surface area contributed by atoms with Gasteiger partial charge in [0.2, 0.25) is 5.95 Å². The van der Waals surface area contributed by atoms with Crippen molar-refractivity contribution in [1.29, 1.82) is 5.26 Å². The molecule has 1 fully saturated rings. The number of aliphatic imine (C=N–C) groups is 1. The van der Waals surface area contributed by atoms with Crippen LogP contribution in [-0.4, -0.2) is 14.6 Å². The van der Waals surface area contributed by atoms with Crippen LogP contribution in [0.15, 0.2) is 34.3 Å². The minimum absolute atomic E-state index is 0.351. The summed E-state index contributed by atoms with van der Waals surface area (Å²) in [4.78, 5) is 4.78. The predicted molar refractivity (Wildman–Crippen MR) is 93.5 cm³/mol. The van der Waals surface area contributed by atoms with Crippen LogP contribution in [-0.2, 0) is 18.0 Å². The number of halogens is 2. The van der Waals surface area contributed by atoms with Crippen molar-refractivity contribution in [1.82, 2.24) is 10.2 Å². The minimum Gasteiger partial charge on any atom is -0.260 e. The van der Waals surface area contributed by atoms with E-state index in [2.05, 4.69) is 16.3 Å². The first-order valence-corrected chi connectivity index (χ1v) is 9.46. The van der Waals surface area contributed by atoms with Crippen LogP contribution in [0.2, 0.25) is 0 Å². The summed E-state index contributed by atoms with van der Waals surface area (Å²) in [5.41, 5.74) is 2.29. The molecule has 0 radical (unpaired) electrons. The van der Waals surface area contributed by atoms with E-state index in [0.29, 0.717) is 21.9 Å². The van der Waals surface area contributed by atoms with E-state index in [4.69, 9.17) is 4.99 Å². The molecule has 0 atom stereocenters. The molecule has 0 unspecified atom stereocenters. The van der Waals surface area contributed by atoms with E-state index in [0.717, 1.165) is 28.3 Å². The average molecular weight is 374 g/mol. The summed E-state index contributed by atoms with van der Waals surface area (Å²) in [7, 11) is 0. The van der Waals surface area contributed by atoms with Crippen molar-refractivity contribution in [3.8, 4) is 6.07 Å². The minimum atomic E-state index is -0.584. The van der Waals surface area contributed by atoms with Gasteiger partial charge in [-0.3, -0.25) is 4.99 Å². The summed E-state index contributed by atoms with van der Waals surface area (Å²) in [6.07, 6.45) is 1.76. The van der Waals surface area contributed by atoms with Crippen LogP contribution in [0, 0.1) is 17.3 Å². The van der Waals surface area contributed by atoms with Gasteiger partial charge in [-0.05, 0) is 41.8 Å². The number of rotatable bonds is 3. The van der Waals surface area contributed by atoms with Crippen molar-refractivity contribution in [3.63, 3.8) is 0 Å². The number of hydrogen-bond acceptors (Lipinski definition) is 6. The Balaban J connectivity index is 1.55. The van der Waals surface area contributed by atoms with Crippen LogP contribution in [0.3, 0.4) is 0 Å². The molecule has 1 aromatic carbocycles. The van der Waals surface area contributed by atoms with E-state index in [1.807, 2.05) is 0 Å². The Labute approximate surface area is 151 Å². The van der Waals surface area contributed by atoms with Crippen LogP contribution < -0.4 is 0 Å². The summed E-state index contributed by atoms with van der Waals surface area (Å²) < 4.78 is 27.0. The first-order valence-electron chi connectivity index (χ1n) is 7.65. The number of nitriles is 1. The van der Waals surface area contributed by atoms with E-state index < -0.39 is 12.6 Å². The van der Waals surface area contributed by atoms with Crippen molar-refractivity contribution >= 4 is 27.9 Å². The maximum Gasteiger partial charge on any atom is 0.233 e. The molecule has 0 saturated heterocycles. The van der Waals surface area contributed by atoms with Crippen LogP contribution in [0.25, 0.3) is 0 Å². The molecular formula is C17H12F2N4S2. The van der Waals surface area contributed by atoms with Gasteiger partial charge in [-0.1, -0.05) is 23.9 Å². The summed E-state index contributed by atoms with van der Waals surface area (Å²) in [5.74, 6) is -0.0232. The Hall–Kier alpha value is -1.98. The fraction of sp³-hybridized carbons (Fsp3) is 0.294. The van der Waals surface area contributed by atoms with Gasteiger partial charge in [0.25, 0.3) is 0 Å². The number of hydrogen-bond donors (Lipinski definition) is 0. The van der Waals surface area contributed by atoms with Gasteiger partial charge in [-0.2, -0.15) is 9.65 Å². The van der Waals surface area contributed by atoms with Crippen molar-refractivity contribution < 1.29 is 8.78 Å². The van der Waals surface area contributed by atoms with Gasteiger partial charge in [0, 0.05) is 17.4 Å². The molecule has 1 aliphatic carbocycles. The average Bonchev–Trinajstić information content (AvgIpc) is 3.40. The highest BCUT2D eigenvalue weighted by molar-refractivity contribution is 8.38. The lowest BCUT2D eigenvalue weighted by molar-refractivity contribution is 0.485. The van der Waals surface area contributed by atoms with E-state index >= 15 is 0 Å². The molecule has 2 heterocycles. The molecule has 2 aliphatic rings. The van der Waals surface area contributed by atoms with Gasteiger partial charge < -0.3 is 0 Å². The van der Waals surface area contributed by atoms with Gasteiger partial charge in [0.05, 0.1) is 17.2 Å². The van der Waals surface area contributed by atoms with Crippen LogP contribution in [0.1, 0.15) is 35.1 Å². The molecule has 4 rings (SSSR count). The fourth-order valence-electron chi connectivity index (χ4n) is 2.74. The number of thioether (sulfide) groups is 2. The van der Waals surface area contributed by atoms with Gasteiger partial charge in [-0.25, -0.2) is 4.39 Å². The lowest BCUT2D eigenvalue weighted by Gasteiger charge is -2.21. The van der Waals surface area contributed by atoms with Gasteiger partial charge >= 0.3 is 0 Å². The fourth-order valence-corrected chi connectivity index (χ4v) is 4.99. The van der Waals surface area contributed by atoms with Crippen LogP contribution in [0.5, 0.6) is 0 Å². The molecule has 1 saturated carbocycles. The summed E-state index contributed by atoms with van der Waals surface area (Å²) in [6.45, 7) is -0.584. The largest absolute Gasteiger partial charge is 0.260 e. The molecule has 1 aromatic heterocycles. The molecule has 0 bridgehead atoms.